The molecular formula is C15H17ClN2OS2. The van der Waals surface area contributed by atoms with Gasteiger partial charge in [0.05, 0.1) is 16.0 Å². The molecule has 6 heteroatoms. The van der Waals surface area contributed by atoms with Gasteiger partial charge in [-0.05, 0) is 31.0 Å². The molecule has 1 saturated carbocycles. The summed E-state index contributed by atoms with van der Waals surface area (Å²) < 4.78 is 2.03. The molecule has 0 unspecified atom stereocenters. The van der Waals surface area contributed by atoms with E-state index < -0.39 is 0 Å². The van der Waals surface area contributed by atoms with Gasteiger partial charge in [-0.25, -0.2) is 4.98 Å². The van der Waals surface area contributed by atoms with E-state index in [0.717, 1.165) is 27.4 Å². The number of amides is 1. The third-order valence-corrected chi connectivity index (χ3v) is 6.04. The van der Waals surface area contributed by atoms with Crippen molar-refractivity contribution in [1.29, 1.82) is 0 Å². The van der Waals surface area contributed by atoms with Crippen molar-refractivity contribution in [2.24, 2.45) is 0 Å². The number of thiazole rings is 1. The maximum atomic E-state index is 12.0. The van der Waals surface area contributed by atoms with Crippen molar-refractivity contribution in [2.75, 3.05) is 5.75 Å². The Morgan fingerprint density at radius 2 is 2.19 bits per heavy atom. The van der Waals surface area contributed by atoms with Gasteiger partial charge in [0.2, 0.25) is 5.91 Å². The molecule has 112 valence electrons. The maximum Gasteiger partial charge on any atom is 0.230 e. The lowest BCUT2D eigenvalue weighted by Crippen LogP contribution is -2.37. The number of carbonyl (C=O) groups is 1. The summed E-state index contributed by atoms with van der Waals surface area (Å²) in [6, 6.07) is 6.08. The maximum absolute atomic E-state index is 12.0. The van der Waals surface area contributed by atoms with E-state index in [1.165, 1.54) is 31.0 Å². The van der Waals surface area contributed by atoms with Gasteiger partial charge in [-0.2, -0.15) is 0 Å². The van der Waals surface area contributed by atoms with Crippen LogP contribution in [0.2, 0.25) is 5.02 Å². The summed E-state index contributed by atoms with van der Waals surface area (Å²) in [4.78, 5) is 16.5. The lowest BCUT2D eigenvalue weighted by Gasteiger charge is -2.22. The summed E-state index contributed by atoms with van der Waals surface area (Å²) in [6.45, 7) is 0. The molecule has 2 aromatic rings. The first-order valence-electron chi connectivity index (χ1n) is 7.19. The second-order valence-corrected chi connectivity index (χ2v) is 7.97. The quantitative estimate of drug-likeness (QED) is 0.834. The zero-order chi connectivity index (χ0) is 14.7. The predicted octanol–water partition coefficient (Wildman–Crippen LogP) is 4.49. The summed E-state index contributed by atoms with van der Waals surface area (Å²) in [7, 11) is 0. The van der Waals surface area contributed by atoms with Crippen LogP contribution in [0.15, 0.2) is 22.5 Å². The average molecular weight is 341 g/mol. The number of thioether (sulfide) groups is 1. The zero-order valence-electron chi connectivity index (χ0n) is 11.6. The summed E-state index contributed by atoms with van der Waals surface area (Å²) >= 11 is 9.07. The van der Waals surface area contributed by atoms with Crippen molar-refractivity contribution in [2.45, 2.75) is 42.5 Å². The lowest BCUT2D eigenvalue weighted by molar-refractivity contribution is -0.119. The van der Waals surface area contributed by atoms with Crippen LogP contribution in [0.1, 0.15) is 32.1 Å². The number of nitrogens with zero attached hydrogens (tertiary/aromatic N) is 1. The Morgan fingerprint density at radius 3 is 3.00 bits per heavy atom. The van der Waals surface area contributed by atoms with E-state index >= 15 is 0 Å². The van der Waals surface area contributed by atoms with Crippen molar-refractivity contribution >= 4 is 50.8 Å². The van der Waals surface area contributed by atoms with E-state index in [-0.39, 0.29) is 5.91 Å². The molecule has 3 rings (SSSR count). The molecule has 0 atom stereocenters. The van der Waals surface area contributed by atoms with E-state index in [1.807, 2.05) is 18.2 Å². The molecule has 1 aromatic heterocycles. The fraction of sp³-hybridized carbons (Fsp3) is 0.467. The normalized spacial score (nSPS) is 16.2. The highest BCUT2D eigenvalue weighted by Gasteiger charge is 2.16. The van der Waals surface area contributed by atoms with Crippen molar-refractivity contribution < 1.29 is 4.79 Å². The molecule has 0 bridgehead atoms. The van der Waals surface area contributed by atoms with Crippen LogP contribution in [0.5, 0.6) is 0 Å². The van der Waals surface area contributed by atoms with Gasteiger partial charge in [0.15, 0.2) is 4.34 Å². The topological polar surface area (TPSA) is 42.0 Å². The van der Waals surface area contributed by atoms with Gasteiger partial charge in [0.25, 0.3) is 0 Å². The highest BCUT2D eigenvalue weighted by molar-refractivity contribution is 8.01. The zero-order valence-corrected chi connectivity index (χ0v) is 14.0. The fourth-order valence-corrected chi connectivity index (χ4v) is 4.61. The van der Waals surface area contributed by atoms with E-state index in [1.54, 1.807) is 11.3 Å². The van der Waals surface area contributed by atoms with Crippen LogP contribution in [0, 0.1) is 0 Å². The second kappa shape index (κ2) is 6.99. The summed E-state index contributed by atoms with van der Waals surface area (Å²) in [5.41, 5.74) is 0.905. The average Bonchev–Trinajstić information content (AvgIpc) is 2.88. The summed E-state index contributed by atoms with van der Waals surface area (Å²) in [5.74, 6) is 0.550. The van der Waals surface area contributed by atoms with E-state index in [4.69, 9.17) is 11.6 Å². The molecule has 1 aliphatic rings. The van der Waals surface area contributed by atoms with Crippen LogP contribution in [-0.4, -0.2) is 22.7 Å². The van der Waals surface area contributed by atoms with Gasteiger partial charge >= 0.3 is 0 Å². The third kappa shape index (κ3) is 4.11. The smallest absolute Gasteiger partial charge is 0.230 e. The Morgan fingerprint density at radius 1 is 1.38 bits per heavy atom. The molecular weight excluding hydrogens is 324 g/mol. The van der Waals surface area contributed by atoms with Gasteiger partial charge in [-0.3, -0.25) is 4.79 Å². The van der Waals surface area contributed by atoms with Crippen LogP contribution in [-0.2, 0) is 4.79 Å². The van der Waals surface area contributed by atoms with Crippen molar-refractivity contribution in [3.8, 4) is 0 Å². The Balaban J connectivity index is 1.54. The summed E-state index contributed by atoms with van der Waals surface area (Å²) in [6.07, 6.45) is 6.01. The minimum atomic E-state index is 0.115. The second-order valence-electron chi connectivity index (χ2n) is 5.28. The van der Waals surface area contributed by atoms with Gasteiger partial charge in [0.1, 0.15) is 0 Å². The molecule has 0 radical (unpaired) electrons. The highest BCUT2D eigenvalue weighted by Crippen LogP contribution is 2.30. The molecule has 0 spiro atoms. The Hall–Kier alpha value is -0.780. The first-order chi connectivity index (χ1) is 10.2. The SMILES string of the molecule is O=C(CSc1nc2cc(Cl)ccc2s1)NC1CCCCC1. The molecule has 1 amide bonds. The van der Waals surface area contributed by atoms with E-state index in [9.17, 15) is 4.79 Å². The van der Waals surface area contributed by atoms with Gasteiger partial charge in [-0.1, -0.05) is 42.6 Å². The Bertz CT molecular complexity index is 638. The number of hydrogen-bond acceptors (Lipinski definition) is 4. The predicted molar refractivity (Wildman–Crippen MR) is 90.4 cm³/mol. The number of nitrogens with one attached hydrogen (secondary N) is 1. The number of halogens is 1. The summed E-state index contributed by atoms with van der Waals surface area (Å²) in [5, 5.41) is 3.82. The number of hydrogen-bond donors (Lipinski definition) is 1. The molecule has 0 aliphatic heterocycles. The molecule has 1 heterocycles. The minimum absolute atomic E-state index is 0.115. The molecule has 1 fully saturated rings. The van der Waals surface area contributed by atoms with Crippen molar-refractivity contribution in [3.05, 3.63) is 23.2 Å². The van der Waals surface area contributed by atoms with Crippen molar-refractivity contribution in [1.82, 2.24) is 10.3 Å². The molecule has 1 aromatic carbocycles. The first kappa shape index (κ1) is 15.1. The van der Waals surface area contributed by atoms with Crippen LogP contribution >= 0.6 is 34.7 Å². The van der Waals surface area contributed by atoms with Gasteiger partial charge < -0.3 is 5.32 Å². The number of rotatable bonds is 4. The minimum Gasteiger partial charge on any atom is -0.353 e. The number of carbonyl (C=O) groups excluding carboxylic acids is 1. The number of benzene rings is 1. The molecule has 0 saturated heterocycles. The standard InChI is InChI=1S/C15H17ClN2OS2/c16-10-6-7-13-12(8-10)18-15(21-13)20-9-14(19)17-11-4-2-1-3-5-11/h6-8,11H,1-5,9H2,(H,17,19). The fourth-order valence-electron chi connectivity index (χ4n) is 2.58. The van der Waals surface area contributed by atoms with Crippen molar-refractivity contribution in [3.63, 3.8) is 0 Å². The highest BCUT2D eigenvalue weighted by atomic mass is 35.5. The third-order valence-electron chi connectivity index (χ3n) is 3.63. The lowest BCUT2D eigenvalue weighted by atomic mass is 9.95. The van der Waals surface area contributed by atoms with E-state index in [0.29, 0.717) is 16.8 Å². The monoisotopic (exact) mass is 340 g/mol. The van der Waals surface area contributed by atoms with Gasteiger partial charge in [0, 0.05) is 11.1 Å². The molecule has 3 nitrogen and oxygen atoms in total. The van der Waals surface area contributed by atoms with Crippen LogP contribution in [0.4, 0.5) is 0 Å². The first-order valence-corrected chi connectivity index (χ1v) is 9.37. The van der Waals surface area contributed by atoms with Crippen LogP contribution in [0.25, 0.3) is 10.2 Å². The number of fused-ring (bicyclic) bond motifs is 1. The molecule has 1 N–H and O–H groups in total. The number of aromatic nitrogens is 1. The Labute approximate surface area is 137 Å². The largest absolute Gasteiger partial charge is 0.353 e. The van der Waals surface area contributed by atoms with Crippen LogP contribution < -0.4 is 5.32 Å². The Kier molecular flexibility index (Phi) is 5.03. The molecule has 1 aliphatic carbocycles. The van der Waals surface area contributed by atoms with E-state index in [2.05, 4.69) is 10.3 Å². The molecule has 21 heavy (non-hydrogen) atoms. The van der Waals surface area contributed by atoms with Crippen LogP contribution in [0.3, 0.4) is 0 Å². The van der Waals surface area contributed by atoms with Gasteiger partial charge in [-0.15, -0.1) is 11.3 Å².